The van der Waals surface area contributed by atoms with Gasteiger partial charge in [0.2, 0.25) is 5.89 Å². The van der Waals surface area contributed by atoms with Crippen molar-refractivity contribution in [3.8, 4) is 0 Å². The molecule has 2 heterocycles. The Hall–Kier alpha value is -1.85. The van der Waals surface area contributed by atoms with Gasteiger partial charge in [0.1, 0.15) is 0 Å². The fourth-order valence-electron chi connectivity index (χ4n) is 2.30. The molecule has 0 aliphatic heterocycles. The molecule has 1 atom stereocenters. The summed E-state index contributed by atoms with van der Waals surface area (Å²) in [5.74, 6) is 1.25. The smallest absolute Gasteiger partial charge is 0.315 e. The first kappa shape index (κ1) is 12.2. The molecule has 19 heavy (non-hydrogen) atoms. The maximum absolute atomic E-state index is 5.69. The van der Waals surface area contributed by atoms with Gasteiger partial charge in [-0.3, -0.25) is 4.68 Å². The van der Waals surface area contributed by atoms with Crippen molar-refractivity contribution in [3.05, 3.63) is 23.8 Å². The summed E-state index contributed by atoms with van der Waals surface area (Å²) >= 11 is 0. The van der Waals surface area contributed by atoms with Gasteiger partial charge in [-0.05, 0) is 19.3 Å². The Morgan fingerprint density at radius 2 is 2.32 bits per heavy atom. The molecule has 1 saturated carbocycles. The van der Waals surface area contributed by atoms with Crippen molar-refractivity contribution < 1.29 is 4.42 Å². The highest BCUT2D eigenvalue weighted by atomic mass is 16.4. The average Bonchev–Trinajstić information content (AvgIpc) is 2.93. The van der Waals surface area contributed by atoms with Crippen LogP contribution in [0.4, 0.5) is 6.01 Å². The van der Waals surface area contributed by atoms with E-state index < -0.39 is 0 Å². The molecule has 0 amide bonds. The molecule has 6 heteroatoms. The van der Waals surface area contributed by atoms with Crippen LogP contribution in [0.1, 0.15) is 56.0 Å². The molecule has 1 aliphatic rings. The molecule has 102 valence electrons. The first-order chi connectivity index (χ1) is 9.26. The molecule has 3 rings (SSSR count). The van der Waals surface area contributed by atoms with Crippen LogP contribution in [0.2, 0.25) is 0 Å². The SMILES string of the molecule is CC[C@H](Nc1nnc(C2CCC2)o1)c1cnn(C)c1. The van der Waals surface area contributed by atoms with E-state index in [0.717, 1.165) is 17.9 Å². The standard InChI is InChI=1S/C13H19N5O/c1-3-11(10-7-14-18(2)8-10)15-13-17-16-12(19-13)9-5-4-6-9/h7-9,11H,3-6H2,1-2H3,(H,15,17)/t11-/m0/s1. The van der Waals surface area contributed by atoms with Gasteiger partial charge in [-0.15, -0.1) is 5.10 Å². The third-order valence-corrected chi connectivity index (χ3v) is 3.73. The first-order valence-electron chi connectivity index (χ1n) is 6.84. The molecular weight excluding hydrogens is 242 g/mol. The molecule has 0 unspecified atom stereocenters. The van der Waals surface area contributed by atoms with E-state index in [2.05, 4.69) is 27.5 Å². The predicted molar refractivity (Wildman–Crippen MR) is 70.8 cm³/mol. The summed E-state index contributed by atoms with van der Waals surface area (Å²) in [5.41, 5.74) is 1.13. The Bertz CT molecular complexity index is 543. The molecule has 1 N–H and O–H groups in total. The Morgan fingerprint density at radius 3 is 2.89 bits per heavy atom. The second kappa shape index (κ2) is 5.03. The van der Waals surface area contributed by atoms with Crippen LogP contribution in [-0.4, -0.2) is 20.0 Å². The van der Waals surface area contributed by atoms with Crippen molar-refractivity contribution in [1.29, 1.82) is 0 Å². The van der Waals surface area contributed by atoms with Crippen LogP contribution >= 0.6 is 0 Å². The maximum atomic E-state index is 5.69. The van der Waals surface area contributed by atoms with Crippen molar-refractivity contribution >= 4 is 6.01 Å². The summed E-state index contributed by atoms with van der Waals surface area (Å²) in [4.78, 5) is 0. The van der Waals surface area contributed by atoms with Gasteiger partial charge >= 0.3 is 6.01 Å². The normalized spacial score (nSPS) is 17.2. The number of hydrogen-bond acceptors (Lipinski definition) is 5. The fraction of sp³-hybridized carbons (Fsp3) is 0.615. The lowest BCUT2D eigenvalue weighted by Gasteiger charge is -2.20. The first-order valence-corrected chi connectivity index (χ1v) is 6.84. The lowest BCUT2D eigenvalue weighted by atomic mass is 9.85. The molecule has 0 aromatic carbocycles. The molecule has 2 aromatic rings. The molecule has 0 bridgehead atoms. The summed E-state index contributed by atoms with van der Waals surface area (Å²) in [5, 5.41) is 15.7. The fourth-order valence-corrected chi connectivity index (χ4v) is 2.30. The maximum Gasteiger partial charge on any atom is 0.315 e. The van der Waals surface area contributed by atoms with Crippen LogP contribution in [-0.2, 0) is 7.05 Å². The zero-order valence-corrected chi connectivity index (χ0v) is 11.3. The van der Waals surface area contributed by atoms with E-state index in [1.54, 1.807) is 4.68 Å². The number of nitrogens with one attached hydrogen (secondary N) is 1. The summed E-state index contributed by atoms with van der Waals surface area (Å²) in [7, 11) is 1.91. The minimum atomic E-state index is 0.156. The molecule has 1 fully saturated rings. The van der Waals surface area contributed by atoms with Gasteiger partial charge in [0, 0.05) is 24.7 Å². The highest BCUT2D eigenvalue weighted by molar-refractivity contribution is 5.26. The van der Waals surface area contributed by atoms with E-state index in [9.17, 15) is 0 Å². The number of aryl methyl sites for hydroxylation is 1. The number of nitrogens with zero attached hydrogens (tertiary/aromatic N) is 4. The number of anilines is 1. The second-order valence-corrected chi connectivity index (χ2v) is 5.13. The number of aromatic nitrogens is 4. The van der Waals surface area contributed by atoms with Gasteiger partial charge in [0.15, 0.2) is 0 Å². The van der Waals surface area contributed by atoms with Crippen molar-refractivity contribution in [1.82, 2.24) is 20.0 Å². The minimum Gasteiger partial charge on any atom is -0.408 e. The molecule has 6 nitrogen and oxygen atoms in total. The van der Waals surface area contributed by atoms with Crippen LogP contribution in [0.3, 0.4) is 0 Å². The summed E-state index contributed by atoms with van der Waals surface area (Å²) < 4.78 is 7.49. The second-order valence-electron chi connectivity index (χ2n) is 5.13. The van der Waals surface area contributed by atoms with Crippen LogP contribution < -0.4 is 5.32 Å². The average molecular weight is 261 g/mol. The number of hydrogen-bond donors (Lipinski definition) is 1. The van der Waals surface area contributed by atoms with Crippen LogP contribution in [0.15, 0.2) is 16.8 Å². The van der Waals surface area contributed by atoms with Gasteiger partial charge in [0.25, 0.3) is 0 Å². The van der Waals surface area contributed by atoms with Gasteiger partial charge in [-0.2, -0.15) is 5.10 Å². The lowest BCUT2D eigenvalue weighted by molar-refractivity contribution is 0.337. The monoisotopic (exact) mass is 261 g/mol. The predicted octanol–water partition coefficient (Wildman–Crippen LogP) is 2.63. The highest BCUT2D eigenvalue weighted by Gasteiger charge is 2.25. The van der Waals surface area contributed by atoms with Crippen LogP contribution in [0, 0.1) is 0 Å². The topological polar surface area (TPSA) is 68.8 Å². The molecule has 0 saturated heterocycles. The van der Waals surface area contributed by atoms with Gasteiger partial charge in [-0.1, -0.05) is 18.4 Å². The summed E-state index contributed by atoms with van der Waals surface area (Å²) in [6.07, 6.45) is 8.41. The molecule has 2 aromatic heterocycles. The van der Waals surface area contributed by atoms with Crippen molar-refractivity contribution in [3.63, 3.8) is 0 Å². The summed E-state index contributed by atoms with van der Waals surface area (Å²) in [6, 6.07) is 0.668. The van der Waals surface area contributed by atoms with E-state index in [0.29, 0.717) is 11.9 Å². The van der Waals surface area contributed by atoms with E-state index in [4.69, 9.17) is 4.42 Å². The Morgan fingerprint density at radius 1 is 1.47 bits per heavy atom. The third-order valence-electron chi connectivity index (χ3n) is 3.73. The third kappa shape index (κ3) is 2.47. The molecule has 0 spiro atoms. The zero-order valence-electron chi connectivity index (χ0n) is 11.3. The Labute approximate surface area is 112 Å². The van der Waals surface area contributed by atoms with Crippen molar-refractivity contribution in [2.45, 2.75) is 44.6 Å². The van der Waals surface area contributed by atoms with E-state index in [1.807, 2.05) is 19.4 Å². The number of rotatable bonds is 5. The minimum absolute atomic E-state index is 0.156. The van der Waals surface area contributed by atoms with Crippen LogP contribution in [0.5, 0.6) is 0 Å². The Kier molecular flexibility index (Phi) is 3.23. The molecule has 0 radical (unpaired) electrons. The summed E-state index contributed by atoms with van der Waals surface area (Å²) in [6.45, 7) is 2.12. The Balaban J connectivity index is 1.70. The largest absolute Gasteiger partial charge is 0.408 e. The van der Waals surface area contributed by atoms with Crippen molar-refractivity contribution in [2.24, 2.45) is 7.05 Å². The van der Waals surface area contributed by atoms with E-state index in [1.165, 1.54) is 19.3 Å². The van der Waals surface area contributed by atoms with E-state index in [-0.39, 0.29) is 6.04 Å². The molecular formula is C13H19N5O. The van der Waals surface area contributed by atoms with Crippen LogP contribution in [0.25, 0.3) is 0 Å². The molecule has 1 aliphatic carbocycles. The highest BCUT2D eigenvalue weighted by Crippen LogP contribution is 2.36. The van der Waals surface area contributed by atoms with E-state index >= 15 is 0 Å². The van der Waals surface area contributed by atoms with Gasteiger partial charge in [0.05, 0.1) is 12.2 Å². The lowest BCUT2D eigenvalue weighted by Crippen LogP contribution is -2.09. The van der Waals surface area contributed by atoms with Crippen molar-refractivity contribution in [2.75, 3.05) is 5.32 Å². The zero-order chi connectivity index (χ0) is 13.2. The quantitative estimate of drug-likeness (QED) is 0.896. The van der Waals surface area contributed by atoms with Gasteiger partial charge < -0.3 is 9.73 Å². The van der Waals surface area contributed by atoms with Gasteiger partial charge in [-0.25, -0.2) is 0 Å².